The van der Waals surface area contributed by atoms with Gasteiger partial charge in [0.15, 0.2) is 16.2 Å². The molecule has 2 aromatic carbocycles. The van der Waals surface area contributed by atoms with Gasteiger partial charge >= 0.3 is 6.09 Å². The number of ether oxygens (including phenoxy) is 2. The number of methoxy groups -OCH3 is 1. The molecule has 15 heteroatoms. The molecule has 48 heavy (non-hydrogen) atoms. The number of sulfonamides is 1. The molecule has 0 aliphatic carbocycles. The van der Waals surface area contributed by atoms with Crippen LogP contribution < -0.4 is 19.1 Å². The molecule has 3 aliphatic heterocycles. The molecule has 0 radical (unpaired) electrons. The van der Waals surface area contributed by atoms with E-state index in [4.69, 9.17) is 18.8 Å². The average Bonchev–Trinajstić information content (AvgIpc) is 3.55. The second-order valence-electron chi connectivity index (χ2n) is 12.3. The third-order valence-electron chi connectivity index (χ3n) is 9.37. The number of amides is 2. The smallest absolute Gasteiger partial charge is 0.427 e. The van der Waals surface area contributed by atoms with Gasteiger partial charge in [0.25, 0.3) is 15.9 Å². The van der Waals surface area contributed by atoms with Crippen molar-refractivity contribution >= 4 is 27.7 Å². The largest absolute Gasteiger partial charge is 0.497 e. The molecule has 3 aromatic rings. The third-order valence-corrected chi connectivity index (χ3v) is 11.3. The Balaban J connectivity index is 1.38. The van der Waals surface area contributed by atoms with Crippen molar-refractivity contribution in [2.45, 2.75) is 50.1 Å². The fraction of sp³-hybridized carbons (Fsp3) is 0.485. The van der Waals surface area contributed by atoms with Crippen molar-refractivity contribution in [1.29, 1.82) is 0 Å². The van der Waals surface area contributed by atoms with Crippen LogP contribution >= 0.6 is 0 Å². The summed E-state index contributed by atoms with van der Waals surface area (Å²) >= 11 is 0. The second kappa shape index (κ2) is 13.4. The van der Waals surface area contributed by atoms with Gasteiger partial charge in [-0.05, 0) is 78.0 Å². The van der Waals surface area contributed by atoms with Gasteiger partial charge in [-0.3, -0.25) is 15.0 Å². The SMILES string of the molecule is CCOc1ccccc1C1(NC(=O)ON2CCN(C3CCN(C)CC3)CC2)C(=O)N(S(=O)(=O)c2c(C)noc2C)c2ccc(OC)cc21. The van der Waals surface area contributed by atoms with Crippen molar-refractivity contribution < 1.29 is 36.8 Å². The van der Waals surface area contributed by atoms with E-state index in [9.17, 15) is 18.0 Å². The van der Waals surface area contributed by atoms with Crippen LogP contribution in [0.25, 0.3) is 0 Å². The van der Waals surface area contributed by atoms with Crippen LogP contribution in [0.3, 0.4) is 0 Å². The maximum absolute atomic E-state index is 15.0. The molecule has 0 bridgehead atoms. The summed E-state index contributed by atoms with van der Waals surface area (Å²) in [6, 6.07) is 11.8. The molecule has 2 amide bonds. The van der Waals surface area contributed by atoms with Crippen LogP contribution in [0.15, 0.2) is 51.9 Å². The number of rotatable bonds is 9. The molecule has 1 aromatic heterocycles. The first kappa shape index (κ1) is 33.7. The van der Waals surface area contributed by atoms with Gasteiger partial charge in [0.2, 0.25) is 0 Å². The number of nitrogens with one attached hydrogen (secondary N) is 1. The van der Waals surface area contributed by atoms with Crippen molar-refractivity contribution in [3.63, 3.8) is 0 Å². The van der Waals surface area contributed by atoms with E-state index in [2.05, 4.69) is 27.3 Å². The van der Waals surface area contributed by atoms with Crippen LogP contribution in [-0.4, -0.2) is 107 Å². The Hall–Kier alpha value is -4.18. The van der Waals surface area contributed by atoms with Crippen LogP contribution in [0, 0.1) is 13.8 Å². The van der Waals surface area contributed by atoms with Gasteiger partial charge in [-0.15, -0.1) is 5.06 Å². The number of nitrogens with zero attached hydrogens (tertiary/aromatic N) is 5. The molecule has 3 aliphatic rings. The molecular formula is C33H42N6O8S. The number of piperidine rings is 1. The lowest BCUT2D eigenvalue weighted by atomic mass is 9.83. The lowest BCUT2D eigenvalue weighted by molar-refractivity contribution is -0.133. The predicted molar refractivity (Wildman–Crippen MR) is 175 cm³/mol. The molecule has 2 saturated heterocycles. The van der Waals surface area contributed by atoms with Crippen molar-refractivity contribution in [1.82, 2.24) is 25.3 Å². The molecular weight excluding hydrogens is 640 g/mol. The van der Waals surface area contributed by atoms with Crippen LogP contribution in [0.5, 0.6) is 11.5 Å². The van der Waals surface area contributed by atoms with Gasteiger partial charge in [0.1, 0.15) is 17.2 Å². The molecule has 14 nitrogen and oxygen atoms in total. The molecule has 258 valence electrons. The van der Waals surface area contributed by atoms with Gasteiger partial charge < -0.3 is 23.7 Å². The minimum absolute atomic E-state index is 0.0225. The second-order valence-corrected chi connectivity index (χ2v) is 14.0. The van der Waals surface area contributed by atoms with E-state index in [0.717, 1.165) is 39.0 Å². The van der Waals surface area contributed by atoms with E-state index in [-0.39, 0.29) is 45.5 Å². The summed E-state index contributed by atoms with van der Waals surface area (Å²) in [7, 11) is -1.000. The lowest BCUT2D eigenvalue weighted by Gasteiger charge is -2.41. The van der Waals surface area contributed by atoms with Gasteiger partial charge in [-0.2, -0.15) is 4.31 Å². The Morgan fingerprint density at radius 1 is 1.04 bits per heavy atom. The van der Waals surface area contributed by atoms with Crippen molar-refractivity contribution in [3.05, 3.63) is 65.0 Å². The summed E-state index contributed by atoms with van der Waals surface area (Å²) in [6.07, 6.45) is 1.27. The van der Waals surface area contributed by atoms with Crippen molar-refractivity contribution in [2.75, 3.05) is 64.3 Å². The van der Waals surface area contributed by atoms with E-state index in [1.165, 1.54) is 27.0 Å². The Labute approximate surface area is 280 Å². The van der Waals surface area contributed by atoms with E-state index in [1.807, 2.05) is 0 Å². The Morgan fingerprint density at radius 3 is 2.40 bits per heavy atom. The van der Waals surface area contributed by atoms with Crippen molar-refractivity contribution in [2.24, 2.45) is 0 Å². The predicted octanol–water partition coefficient (Wildman–Crippen LogP) is 3.03. The van der Waals surface area contributed by atoms with Gasteiger partial charge in [0.05, 0.1) is 19.4 Å². The van der Waals surface area contributed by atoms with Gasteiger partial charge in [0, 0.05) is 43.3 Å². The zero-order valence-corrected chi connectivity index (χ0v) is 28.7. The highest BCUT2D eigenvalue weighted by molar-refractivity contribution is 7.93. The minimum Gasteiger partial charge on any atom is -0.497 e. The standard InChI is InChI=1S/C33H42N6O8S/c1-6-45-29-10-8-7-9-26(29)33(34-32(41)47-38-19-17-37(18-20-38)24-13-15-36(4)16-14-24)27-21-25(44-5)11-12-28(27)39(31(33)40)48(42,43)30-22(2)35-46-23(30)3/h7-12,21,24H,6,13-20H2,1-5H3,(H,34,41). The number of hydroxylamine groups is 2. The van der Waals surface area contributed by atoms with E-state index in [1.54, 1.807) is 48.4 Å². The molecule has 0 saturated carbocycles. The number of benzene rings is 2. The number of aryl methyl sites for hydroxylation is 2. The highest BCUT2D eigenvalue weighted by Crippen LogP contribution is 2.50. The number of piperazine rings is 1. The summed E-state index contributed by atoms with van der Waals surface area (Å²) < 4.78 is 46.0. The minimum atomic E-state index is -4.59. The fourth-order valence-corrected chi connectivity index (χ4v) is 8.76. The number of hydrogen-bond acceptors (Lipinski definition) is 12. The highest BCUT2D eigenvalue weighted by atomic mass is 32.2. The quantitative estimate of drug-likeness (QED) is 0.354. The van der Waals surface area contributed by atoms with Crippen LogP contribution in [-0.2, 0) is 25.2 Å². The Kier molecular flexibility index (Phi) is 9.40. The summed E-state index contributed by atoms with van der Waals surface area (Å²) in [4.78, 5) is 39.3. The Morgan fingerprint density at radius 2 is 1.75 bits per heavy atom. The zero-order valence-electron chi connectivity index (χ0n) is 27.9. The first-order chi connectivity index (χ1) is 23.0. The first-order valence-corrected chi connectivity index (χ1v) is 17.6. The number of carbonyl (C=O) groups excluding carboxylic acids is 2. The Bertz CT molecular complexity index is 1760. The highest BCUT2D eigenvalue weighted by Gasteiger charge is 2.59. The van der Waals surface area contributed by atoms with E-state index >= 15 is 0 Å². The normalized spacial score (nSPS) is 21.3. The van der Waals surface area contributed by atoms with E-state index in [0.29, 0.717) is 29.2 Å². The first-order valence-electron chi connectivity index (χ1n) is 16.1. The average molecular weight is 683 g/mol. The number of aromatic nitrogens is 1. The molecule has 1 N–H and O–H groups in total. The number of carbonyl (C=O) groups is 2. The van der Waals surface area contributed by atoms with Crippen molar-refractivity contribution in [3.8, 4) is 11.5 Å². The summed E-state index contributed by atoms with van der Waals surface area (Å²) in [5.74, 6) is -0.307. The number of para-hydroxylation sites is 1. The summed E-state index contributed by atoms with van der Waals surface area (Å²) in [6.45, 7) is 9.50. The van der Waals surface area contributed by atoms with Crippen LogP contribution in [0.1, 0.15) is 42.3 Å². The number of hydrogen-bond donors (Lipinski definition) is 1. The fourth-order valence-electron chi connectivity index (χ4n) is 6.99. The molecule has 2 fully saturated rings. The number of likely N-dealkylation sites (tertiary alicyclic amines) is 1. The monoisotopic (exact) mass is 682 g/mol. The lowest BCUT2D eigenvalue weighted by Crippen LogP contribution is -2.57. The maximum Gasteiger partial charge on any atom is 0.427 e. The molecule has 1 atom stereocenters. The van der Waals surface area contributed by atoms with Gasteiger partial charge in [-0.25, -0.2) is 13.2 Å². The van der Waals surface area contributed by atoms with Crippen LogP contribution in [0.2, 0.25) is 0 Å². The third kappa shape index (κ3) is 5.88. The molecule has 1 unspecified atom stereocenters. The zero-order chi connectivity index (χ0) is 34.2. The van der Waals surface area contributed by atoms with Gasteiger partial charge in [-0.1, -0.05) is 23.4 Å². The maximum atomic E-state index is 15.0. The summed E-state index contributed by atoms with van der Waals surface area (Å²) in [5.41, 5.74) is -1.58. The summed E-state index contributed by atoms with van der Waals surface area (Å²) in [5, 5.41) is 8.21. The number of anilines is 1. The number of fused-ring (bicyclic) bond motifs is 1. The molecule has 4 heterocycles. The topological polar surface area (TPSA) is 147 Å². The molecule has 0 spiro atoms. The van der Waals surface area contributed by atoms with Crippen LogP contribution in [0.4, 0.5) is 10.5 Å². The van der Waals surface area contributed by atoms with E-state index < -0.39 is 27.6 Å². The molecule has 6 rings (SSSR count).